The average molecular weight is 1350 g/mol. The van der Waals surface area contributed by atoms with Crippen LogP contribution in [0.2, 0.25) is 0 Å². The van der Waals surface area contributed by atoms with E-state index in [4.69, 9.17) is 34.2 Å². The molecule has 0 unspecified atom stereocenters. The first-order chi connectivity index (χ1) is 46.3. The number of epoxide rings is 1. The second kappa shape index (κ2) is 36.2. The third kappa shape index (κ3) is 23.3. The SMILES string of the molecule is CC(=O)N[C@@H](CCCCNC(=O)OCC1c2ccccc2-c2ccccc21)C(=O)N[C@H](C(=O)N[C@@H](CCCNC(N)=O)C(=O)Nc1ccc(COC(=O)NNC(=O)C[C@@H]2C[C@@]3(CO3)[C@H](O)[C@@H](/C=C/C(C)=C/C[C@@H]3O[C@H](C)[C@H](NC(=O)/C=C\[C@H](C)OC(C)=O)C[C@@H]3C)O2)cc1)C(C)C. The summed E-state index contributed by atoms with van der Waals surface area (Å²) >= 11 is 0. The number of nitrogens with one attached hydrogen (secondary N) is 9. The highest BCUT2D eigenvalue weighted by molar-refractivity contribution is 5.99. The molecule has 12 N–H and O–H groups in total. The molecule has 7 rings (SSSR count). The van der Waals surface area contributed by atoms with Gasteiger partial charge in [0.25, 0.3) is 0 Å². The van der Waals surface area contributed by atoms with E-state index in [1.54, 1.807) is 51.1 Å². The molecule has 0 aromatic heterocycles. The zero-order chi connectivity index (χ0) is 70.3. The number of nitrogens with two attached hydrogens (primary N) is 1. The standard InChI is InChI=1S/C70H94N10O17/c1-40(2)62(78-65(87)55(74-45(7)81)20-13-14-32-73-68(90)93-38-54-52-18-11-9-16-50(52)51-17-10-12-19-53(51)54)66(88)77-56(21-15-33-72-67(71)89)64(86)75-48-27-25-47(26-28-48)37-92-69(91)80-79-61(84)35-49-36-70(39-94-70)63(85)59(97-49)30-23-41(3)22-29-58-42(4)34-57(44(6)96-58)76-60(83)31-24-43(5)95-46(8)82/h9-12,16-19,22-28,30-31,40,42-44,49,54-59,62-63,85H,13-15,20-21,29,32-39H2,1-8H3,(H,73,90)(H,74,81)(H,75,86)(H,76,83)(H,77,88)(H,78,87)(H,79,84)(H,80,91)(H3,71,72,89)/b30-23+,31-24-,41-22+/t42-,43-,44+,49+,55-,56-,57+,58-,59+,62-,63+,70+/m0/s1. The highest BCUT2D eigenvalue weighted by atomic mass is 16.6. The van der Waals surface area contributed by atoms with Crippen LogP contribution in [0.25, 0.3) is 11.1 Å². The van der Waals surface area contributed by atoms with Crippen molar-refractivity contribution in [3.05, 3.63) is 125 Å². The van der Waals surface area contributed by atoms with Crippen molar-refractivity contribution in [2.24, 2.45) is 17.6 Å². The number of rotatable bonds is 31. The summed E-state index contributed by atoms with van der Waals surface area (Å²) in [7, 11) is 0. The molecule has 3 aromatic carbocycles. The van der Waals surface area contributed by atoms with Gasteiger partial charge in [0, 0.05) is 51.0 Å². The number of allylic oxidation sites excluding steroid dienone is 2. The van der Waals surface area contributed by atoms with Crippen LogP contribution < -0.4 is 53.8 Å². The van der Waals surface area contributed by atoms with Gasteiger partial charge in [-0.1, -0.05) is 105 Å². The Hall–Kier alpha value is -9.18. The lowest BCUT2D eigenvalue weighted by Gasteiger charge is -2.39. The lowest BCUT2D eigenvalue weighted by molar-refractivity contribution is -0.146. The van der Waals surface area contributed by atoms with E-state index in [0.29, 0.717) is 36.9 Å². The minimum atomic E-state index is -1.17. The highest BCUT2D eigenvalue weighted by Gasteiger charge is 2.58. The Balaban J connectivity index is 0.822. The number of unbranched alkanes of at least 4 members (excludes halogenated alkanes) is 1. The quantitative estimate of drug-likeness (QED) is 0.00715. The van der Waals surface area contributed by atoms with Crippen molar-refractivity contribution in [3.63, 3.8) is 0 Å². The van der Waals surface area contributed by atoms with Gasteiger partial charge in [0.15, 0.2) is 0 Å². The van der Waals surface area contributed by atoms with Gasteiger partial charge in [-0.3, -0.25) is 39.0 Å². The first-order valence-corrected chi connectivity index (χ1v) is 33.0. The van der Waals surface area contributed by atoms with Crippen LogP contribution in [-0.4, -0.2) is 157 Å². The van der Waals surface area contributed by atoms with Crippen molar-refractivity contribution >= 4 is 65.3 Å². The van der Waals surface area contributed by atoms with Crippen molar-refractivity contribution in [3.8, 4) is 11.1 Å². The Morgan fingerprint density at radius 3 is 2.05 bits per heavy atom. The van der Waals surface area contributed by atoms with Crippen molar-refractivity contribution in [2.45, 2.75) is 192 Å². The summed E-state index contributed by atoms with van der Waals surface area (Å²) in [6.07, 6.45) is 6.20. The number of urea groups is 1. The Morgan fingerprint density at radius 2 is 1.40 bits per heavy atom. The van der Waals surface area contributed by atoms with Gasteiger partial charge in [-0.2, -0.15) is 0 Å². The number of aliphatic hydroxyl groups excluding tert-OH is 1. The van der Waals surface area contributed by atoms with Crippen molar-refractivity contribution in [1.29, 1.82) is 0 Å². The molecule has 10 amide bonds. The molecular weight excluding hydrogens is 1250 g/mol. The molecule has 3 fully saturated rings. The average Bonchev–Trinajstić information content (AvgIpc) is 1.62. The monoisotopic (exact) mass is 1350 g/mol. The summed E-state index contributed by atoms with van der Waals surface area (Å²) in [4.78, 5) is 128. The van der Waals surface area contributed by atoms with Crippen LogP contribution in [0.3, 0.4) is 0 Å². The highest BCUT2D eigenvalue weighted by Crippen LogP contribution is 2.45. The minimum absolute atomic E-state index is 0.0442. The number of hydrogen-bond donors (Lipinski definition) is 11. The molecule has 97 heavy (non-hydrogen) atoms. The zero-order valence-corrected chi connectivity index (χ0v) is 56.3. The van der Waals surface area contributed by atoms with Crippen LogP contribution in [0.4, 0.5) is 20.1 Å². The Kier molecular flexibility index (Phi) is 28.1. The summed E-state index contributed by atoms with van der Waals surface area (Å²) in [5.74, 6) is -4.20. The molecule has 0 radical (unpaired) electrons. The fourth-order valence-electron chi connectivity index (χ4n) is 12.0. The van der Waals surface area contributed by atoms with E-state index in [9.17, 15) is 53.1 Å². The van der Waals surface area contributed by atoms with E-state index in [1.165, 1.54) is 26.0 Å². The summed E-state index contributed by atoms with van der Waals surface area (Å²) in [6, 6.07) is 18.0. The number of anilines is 1. The van der Waals surface area contributed by atoms with E-state index in [2.05, 4.69) is 67.1 Å². The predicted molar refractivity (Wildman–Crippen MR) is 357 cm³/mol. The summed E-state index contributed by atoms with van der Waals surface area (Å²) < 4.78 is 34.2. The van der Waals surface area contributed by atoms with Crippen LogP contribution in [0.5, 0.6) is 0 Å². The van der Waals surface area contributed by atoms with Crippen LogP contribution in [0, 0.1) is 11.8 Å². The fraction of sp³-hybridized carbons (Fsp3) is 0.514. The van der Waals surface area contributed by atoms with Crippen LogP contribution in [0.1, 0.15) is 136 Å². The molecule has 27 nitrogen and oxygen atoms in total. The number of primary amides is 1. The number of hydrogen-bond acceptors (Lipinski definition) is 17. The van der Waals surface area contributed by atoms with Gasteiger partial charge >= 0.3 is 24.2 Å². The maximum atomic E-state index is 14.0. The van der Waals surface area contributed by atoms with Crippen LogP contribution in [0.15, 0.2) is 109 Å². The van der Waals surface area contributed by atoms with E-state index in [-0.39, 0.29) is 101 Å². The van der Waals surface area contributed by atoms with Crippen molar-refractivity contribution in [1.82, 2.24) is 42.8 Å². The van der Waals surface area contributed by atoms with E-state index < -0.39 is 108 Å². The predicted octanol–water partition coefficient (Wildman–Crippen LogP) is 5.55. The van der Waals surface area contributed by atoms with Gasteiger partial charge in [0.2, 0.25) is 35.4 Å². The zero-order valence-electron chi connectivity index (χ0n) is 56.3. The summed E-state index contributed by atoms with van der Waals surface area (Å²) in [5.41, 5.74) is 15.1. The van der Waals surface area contributed by atoms with Crippen molar-refractivity contribution in [2.75, 3.05) is 31.6 Å². The molecule has 1 spiro atoms. The van der Waals surface area contributed by atoms with Gasteiger partial charge in [0.05, 0.1) is 37.4 Å². The second-order valence-electron chi connectivity index (χ2n) is 25.5. The number of amides is 10. The van der Waals surface area contributed by atoms with Gasteiger partial charge in [-0.15, -0.1) is 0 Å². The minimum Gasteiger partial charge on any atom is -0.459 e. The van der Waals surface area contributed by atoms with Crippen LogP contribution in [-0.2, 0) is 68.6 Å². The number of fused-ring (bicyclic) bond motifs is 3. The fourth-order valence-corrected chi connectivity index (χ4v) is 12.0. The second-order valence-corrected chi connectivity index (χ2v) is 25.5. The van der Waals surface area contributed by atoms with E-state index >= 15 is 0 Å². The number of carbonyl (C=O) groups is 10. The summed E-state index contributed by atoms with van der Waals surface area (Å²) in [5, 5.41) is 30.3. The molecule has 526 valence electrons. The van der Waals surface area contributed by atoms with Gasteiger partial charge < -0.3 is 76.5 Å². The van der Waals surface area contributed by atoms with E-state index in [0.717, 1.165) is 27.8 Å². The topological polar surface area (TPSA) is 384 Å². The Labute approximate surface area is 565 Å². The first kappa shape index (κ1) is 75.2. The molecule has 0 saturated carbocycles. The molecular formula is C70H94N10O17. The number of esters is 1. The third-order valence-electron chi connectivity index (χ3n) is 17.3. The number of alkyl carbamates (subject to hydrolysis) is 1. The molecule has 3 aliphatic heterocycles. The first-order valence-electron chi connectivity index (χ1n) is 33.0. The number of hydrazine groups is 1. The normalized spacial score (nSPS) is 22.3. The maximum absolute atomic E-state index is 14.0. The molecule has 3 saturated heterocycles. The van der Waals surface area contributed by atoms with Crippen LogP contribution >= 0.6 is 0 Å². The molecule has 1 aliphatic carbocycles. The largest absolute Gasteiger partial charge is 0.459 e. The molecule has 3 aromatic rings. The molecule has 0 bridgehead atoms. The Bertz CT molecular complexity index is 3310. The molecule has 12 atom stereocenters. The maximum Gasteiger partial charge on any atom is 0.426 e. The number of carbonyl (C=O) groups excluding carboxylic acids is 10. The Morgan fingerprint density at radius 1 is 0.742 bits per heavy atom. The number of ether oxygens (including phenoxy) is 6. The van der Waals surface area contributed by atoms with Crippen molar-refractivity contribution < 1.29 is 81.5 Å². The summed E-state index contributed by atoms with van der Waals surface area (Å²) in [6.45, 7) is 14.1. The molecule has 27 heteroatoms. The molecule has 4 aliphatic rings. The van der Waals surface area contributed by atoms with Gasteiger partial charge in [0.1, 0.15) is 55.3 Å². The van der Waals surface area contributed by atoms with E-state index in [1.807, 2.05) is 62.4 Å². The molecule has 3 heterocycles. The van der Waals surface area contributed by atoms with Gasteiger partial charge in [-0.25, -0.2) is 19.8 Å². The third-order valence-corrected chi connectivity index (χ3v) is 17.3. The lowest BCUT2D eigenvalue weighted by Crippen LogP contribution is -2.57. The van der Waals surface area contributed by atoms with Gasteiger partial charge in [-0.05, 0) is 124 Å². The number of benzene rings is 3. The smallest absolute Gasteiger partial charge is 0.426 e. The number of aliphatic hydroxyl groups is 1. The lowest BCUT2D eigenvalue weighted by atomic mass is 9.87.